The van der Waals surface area contributed by atoms with E-state index in [1.165, 1.54) is 4.31 Å². The van der Waals surface area contributed by atoms with Crippen molar-refractivity contribution in [1.82, 2.24) is 14.6 Å². The minimum absolute atomic E-state index is 0.0590. The fraction of sp³-hybridized carbons (Fsp3) is 0.571. The predicted octanol–water partition coefficient (Wildman–Crippen LogP) is 1.01. The van der Waals surface area contributed by atoms with E-state index in [0.717, 1.165) is 6.26 Å². The number of rotatable bonds is 8. The van der Waals surface area contributed by atoms with Crippen LogP contribution >= 0.6 is 0 Å². The van der Waals surface area contributed by atoms with Crippen LogP contribution in [0.4, 0.5) is 0 Å². The Morgan fingerprint density at radius 2 is 2.10 bits per heavy atom. The summed E-state index contributed by atoms with van der Waals surface area (Å²) in [6.45, 7) is 4.66. The third-order valence-electron chi connectivity index (χ3n) is 2.81. The maximum absolute atomic E-state index is 11.8. The SMILES string of the molecule is CC(C)CC(=O)NCCN(Cc1ccccn1)S(C)(=O)=O. The predicted molar refractivity (Wildman–Crippen MR) is 82.0 cm³/mol. The summed E-state index contributed by atoms with van der Waals surface area (Å²) in [4.78, 5) is 15.7. The smallest absolute Gasteiger partial charge is 0.220 e. The first-order valence-electron chi connectivity index (χ1n) is 6.90. The molecule has 0 bridgehead atoms. The Morgan fingerprint density at radius 1 is 1.38 bits per heavy atom. The number of carbonyl (C=O) groups is 1. The minimum Gasteiger partial charge on any atom is -0.355 e. The number of pyridine rings is 1. The van der Waals surface area contributed by atoms with Crippen LogP contribution in [0, 0.1) is 5.92 Å². The van der Waals surface area contributed by atoms with E-state index < -0.39 is 10.0 Å². The van der Waals surface area contributed by atoms with Gasteiger partial charge in [-0.1, -0.05) is 19.9 Å². The molecule has 7 heteroatoms. The molecule has 0 aliphatic carbocycles. The molecular formula is C14H23N3O3S. The largest absolute Gasteiger partial charge is 0.355 e. The van der Waals surface area contributed by atoms with Crippen molar-refractivity contribution in [2.45, 2.75) is 26.8 Å². The van der Waals surface area contributed by atoms with Gasteiger partial charge in [0.2, 0.25) is 15.9 Å². The fourth-order valence-corrected chi connectivity index (χ4v) is 2.59. The maximum Gasteiger partial charge on any atom is 0.220 e. The average Bonchev–Trinajstić information content (AvgIpc) is 2.36. The monoisotopic (exact) mass is 313 g/mol. The Morgan fingerprint density at radius 3 is 2.62 bits per heavy atom. The summed E-state index contributed by atoms with van der Waals surface area (Å²) in [6, 6.07) is 5.36. The Kier molecular flexibility index (Phi) is 6.77. The molecule has 1 aromatic rings. The topological polar surface area (TPSA) is 79.4 Å². The van der Waals surface area contributed by atoms with Gasteiger partial charge in [-0.05, 0) is 18.1 Å². The average molecular weight is 313 g/mol. The van der Waals surface area contributed by atoms with Gasteiger partial charge in [-0.15, -0.1) is 0 Å². The lowest BCUT2D eigenvalue weighted by atomic mass is 10.1. The van der Waals surface area contributed by atoms with Gasteiger partial charge < -0.3 is 5.32 Å². The van der Waals surface area contributed by atoms with Crippen LogP contribution in [-0.2, 0) is 21.4 Å². The summed E-state index contributed by atoms with van der Waals surface area (Å²) in [5.41, 5.74) is 0.677. The van der Waals surface area contributed by atoms with Crippen molar-refractivity contribution in [2.24, 2.45) is 5.92 Å². The minimum atomic E-state index is -3.34. The quantitative estimate of drug-likeness (QED) is 0.776. The third kappa shape index (κ3) is 7.19. The fourth-order valence-electron chi connectivity index (χ4n) is 1.80. The second kappa shape index (κ2) is 8.09. The van der Waals surface area contributed by atoms with Crippen LogP contribution in [0.1, 0.15) is 26.0 Å². The van der Waals surface area contributed by atoms with Crippen molar-refractivity contribution < 1.29 is 13.2 Å². The van der Waals surface area contributed by atoms with Gasteiger partial charge in [0.1, 0.15) is 0 Å². The molecule has 1 heterocycles. The van der Waals surface area contributed by atoms with Crippen LogP contribution in [0.3, 0.4) is 0 Å². The molecule has 0 aliphatic heterocycles. The zero-order valence-corrected chi connectivity index (χ0v) is 13.6. The van der Waals surface area contributed by atoms with Crippen molar-refractivity contribution >= 4 is 15.9 Å². The van der Waals surface area contributed by atoms with E-state index in [2.05, 4.69) is 10.3 Å². The van der Waals surface area contributed by atoms with Crippen LogP contribution in [-0.4, -0.2) is 43.0 Å². The first kappa shape index (κ1) is 17.6. The molecule has 0 unspecified atom stereocenters. The summed E-state index contributed by atoms with van der Waals surface area (Å²) in [5.74, 6) is 0.223. The lowest BCUT2D eigenvalue weighted by Crippen LogP contribution is -2.38. The molecule has 0 fully saturated rings. The van der Waals surface area contributed by atoms with Gasteiger partial charge in [0.15, 0.2) is 0 Å². The standard InChI is InChI=1S/C14H23N3O3S/c1-12(2)10-14(18)16-8-9-17(21(3,19)20)11-13-6-4-5-7-15-13/h4-7,12H,8-11H2,1-3H3,(H,16,18). The molecular weight excluding hydrogens is 290 g/mol. The molecule has 0 aromatic carbocycles. The molecule has 0 radical (unpaired) electrons. The summed E-state index contributed by atoms with van der Waals surface area (Å²) in [6.07, 6.45) is 3.23. The Balaban J connectivity index is 2.54. The Hall–Kier alpha value is -1.47. The highest BCUT2D eigenvalue weighted by atomic mass is 32.2. The number of amides is 1. The zero-order valence-electron chi connectivity index (χ0n) is 12.7. The van der Waals surface area contributed by atoms with Crippen LogP contribution in [0.2, 0.25) is 0 Å². The van der Waals surface area contributed by atoms with Gasteiger partial charge in [-0.2, -0.15) is 4.31 Å². The molecule has 1 N–H and O–H groups in total. The molecule has 21 heavy (non-hydrogen) atoms. The van der Waals surface area contributed by atoms with Crippen molar-refractivity contribution in [3.8, 4) is 0 Å². The van der Waals surface area contributed by atoms with E-state index in [1.807, 2.05) is 19.9 Å². The van der Waals surface area contributed by atoms with E-state index in [1.54, 1.807) is 18.3 Å². The number of sulfonamides is 1. The van der Waals surface area contributed by atoms with Crippen molar-refractivity contribution in [3.63, 3.8) is 0 Å². The molecule has 1 amide bonds. The maximum atomic E-state index is 11.8. The summed E-state index contributed by atoms with van der Waals surface area (Å²) in [7, 11) is -3.34. The summed E-state index contributed by atoms with van der Waals surface area (Å²) < 4.78 is 24.9. The number of hydrogen-bond acceptors (Lipinski definition) is 4. The molecule has 0 saturated heterocycles. The molecule has 1 rings (SSSR count). The molecule has 1 aromatic heterocycles. The van der Waals surface area contributed by atoms with Gasteiger partial charge in [-0.25, -0.2) is 8.42 Å². The number of hydrogen-bond donors (Lipinski definition) is 1. The van der Waals surface area contributed by atoms with E-state index in [-0.39, 0.29) is 24.9 Å². The molecule has 0 saturated carbocycles. The highest BCUT2D eigenvalue weighted by Crippen LogP contribution is 2.05. The number of aromatic nitrogens is 1. The first-order chi connectivity index (χ1) is 9.79. The van der Waals surface area contributed by atoms with Crippen molar-refractivity contribution in [3.05, 3.63) is 30.1 Å². The number of nitrogens with zero attached hydrogens (tertiary/aromatic N) is 2. The summed E-state index contributed by atoms with van der Waals surface area (Å²) >= 11 is 0. The van der Waals surface area contributed by atoms with E-state index >= 15 is 0 Å². The first-order valence-corrected chi connectivity index (χ1v) is 8.75. The van der Waals surface area contributed by atoms with Gasteiger partial charge >= 0.3 is 0 Å². The second-order valence-corrected chi connectivity index (χ2v) is 7.35. The van der Waals surface area contributed by atoms with E-state index in [9.17, 15) is 13.2 Å². The highest BCUT2D eigenvalue weighted by Gasteiger charge is 2.17. The van der Waals surface area contributed by atoms with Crippen LogP contribution in [0.15, 0.2) is 24.4 Å². The zero-order chi connectivity index (χ0) is 15.9. The molecule has 6 nitrogen and oxygen atoms in total. The summed E-state index contributed by atoms with van der Waals surface area (Å²) in [5, 5.41) is 2.74. The highest BCUT2D eigenvalue weighted by molar-refractivity contribution is 7.88. The van der Waals surface area contributed by atoms with Gasteiger partial charge in [0.25, 0.3) is 0 Å². The Bertz CT molecular complexity index is 544. The molecule has 118 valence electrons. The van der Waals surface area contributed by atoms with Gasteiger partial charge in [0, 0.05) is 25.7 Å². The van der Waals surface area contributed by atoms with Crippen LogP contribution in [0.5, 0.6) is 0 Å². The second-order valence-electron chi connectivity index (χ2n) is 5.37. The van der Waals surface area contributed by atoms with E-state index in [4.69, 9.17) is 0 Å². The van der Waals surface area contributed by atoms with Crippen molar-refractivity contribution in [2.75, 3.05) is 19.3 Å². The lowest BCUT2D eigenvalue weighted by molar-refractivity contribution is -0.121. The number of nitrogens with one attached hydrogen (secondary N) is 1. The van der Waals surface area contributed by atoms with Crippen molar-refractivity contribution in [1.29, 1.82) is 0 Å². The van der Waals surface area contributed by atoms with Crippen LogP contribution < -0.4 is 5.32 Å². The van der Waals surface area contributed by atoms with Crippen LogP contribution in [0.25, 0.3) is 0 Å². The molecule has 0 spiro atoms. The van der Waals surface area contributed by atoms with Gasteiger partial charge in [0.05, 0.1) is 18.5 Å². The van der Waals surface area contributed by atoms with E-state index in [0.29, 0.717) is 18.7 Å². The normalized spacial score (nSPS) is 11.9. The third-order valence-corrected chi connectivity index (χ3v) is 4.06. The lowest BCUT2D eigenvalue weighted by Gasteiger charge is -2.19. The number of carbonyl (C=O) groups excluding carboxylic acids is 1. The van der Waals surface area contributed by atoms with Gasteiger partial charge in [-0.3, -0.25) is 9.78 Å². The Labute approximate surface area is 126 Å². The molecule has 0 aliphatic rings. The molecule has 0 atom stereocenters.